The summed E-state index contributed by atoms with van der Waals surface area (Å²) in [5.41, 5.74) is 4.41. The van der Waals surface area contributed by atoms with E-state index in [9.17, 15) is 4.79 Å². The molecule has 1 saturated heterocycles. The molecule has 1 aliphatic heterocycles. The Morgan fingerprint density at radius 1 is 1.23 bits per heavy atom. The summed E-state index contributed by atoms with van der Waals surface area (Å²) >= 11 is 4.66. The fourth-order valence-electron chi connectivity index (χ4n) is 3.16. The minimum absolute atomic E-state index is 0.113. The molecule has 2 aromatic carbocycles. The molecular formula is C22H24N4OS3. The summed E-state index contributed by atoms with van der Waals surface area (Å²) in [5.74, 6) is 0.969. The van der Waals surface area contributed by atoms with Crippen LogP contribution in [0.25, 0.3) is 10.2 Å². The van der Waals surface area contributed by atoms with E-state index in [0.717, 1.165) is 41.5 Å². The van der Waals surface area contributed by atoms with Crippen LogP contribution in [-0.2, 0) is 11.2 Å². The van der Waals surface area contributed by atoms with Gasteiger partial charge in [0.25, 0.3) is 0 Å². The van der Waals surface area contributed by atoms with E-state index >= 15 is 0 Å². The van der Waals surface area contributed by atoms with Gasteiger partial charge in [0.1, 0.15) is 0 Å². The summed E-state index contributed by atoms with van der Waals surface area (Å²) in [5, 5.41) is 8.49. The molecule has 4 rings (SSSR count). The summed E-state index contributed by atoms with van der Waals surface area (Å²) in [6.45, 7) is 2.93. The van der Waals surface area contributed by atoms with Gasteiger partial charge in [0.15, 0.2) is 10.3 Å². The molecule has 0 amide bonds. The maximum absolute atomic E-state index is 12.0. The summed E-state index contributed by atoms with van der Waals surface area (Å²) in [7, 11) is 0. The maximum atomic E-state index is 12.0. The Hall–Kier alpha value is -2.03. The molecule has 3 aromatic rings. The van der Waals surface area contributed by atoms with Crippen molar-refractivity contribution in [2.24, 2.45) is 4.99 Å². The van der Waals surface area contributed by atoms with E-state index < -0.39 is 0 Å². The minimum Gasteiger partial charge on any atom is -0.361 e. The number of carbonyl (C=O) groups excluding carboxylic acids is 1. The van der Waals surface area contributed by atoms with Gasteiger partial charge in [-0.05, 0) is 78.9 Å². The zero-order valence-corrected chi connectivity index (χ0v) is 19.4. The standard InChI is InChI=1S/C22H24N4OS3/c1-14-3-8-17-19(13-14)29-21(25-17)23-11-9-15-4-6-16(7-5-15)24-22-26-18(10-12-28-2)20(27)30-22/h3-8,13,18H,9-12H2,1-2H3,(H,23,25)(H,24,26)/t18-/m0/s1. The van der Waals surface area contributed by atoms with Crippen molar-refractivity contribution in [3.8, 4) is 0 Å². The van der Waals surface area contributed by atoms with Crippen molar-refractivity contribution in [2.75, 3.05) is 23.9 Å². The van der Waals surface area contributed by atoms with E-state index in [1.807, 2.05) is 12.1 Å². The molecule has 5 nitrogen and oxygen atoms in total. The Kier molecular flexibility index (Phi) is 6.97. The third kappa shape index (κ3) is 5.36. The zero-order valence-electron chi connectivity index (χ0n) is 17.0. The number of carbonyl (C=O) groups is 1. The second-order valence-corrected chi connectivity index (χ2v) is 10.2. The highest BCUT2D eigenvalue weighted by molar-refractivity contribution is 8.27. The molecule has 1 aliphatic rings. The van der Waals surface area contributed by atoms with Gasteiger partial charge < -0.3 is 10.6 Å². The van der Waals surface area contributed by atoms with E-state index in [4.69, 9.17) is 0 Å². The molecule has 1 atom stereocenters. The lowest BCUT2D eigenvalue weighted by atomic mass is 10.1. The van der Waals surface area contributed by atoms with Gasteiger partial charge in [-0.3, -0.25) is 4.79 Å². The second-order valence-electron chi connectivity index (χ2n) is 7.15. The molecule has 0 radical (unpaired) electrons. The van der Waals surface area contributed by atoms with Crippen molar-refractivity contribution in [2.45, 2.75) is 25.8 Å². The Labute approximate surface area is 189 Å². The first kappa shape index (κ1) is 21.2. The van der Waals surface area contributed by atoms with Gasteiger partial charge in [-0.2, -0.15) is 11.8 Å². The monoisotopic (exact) mass is 456 g/mol. The summed E-state index contributed by atoms with van der Waals surface area (Å²) in [6, 6.07) is 14.4. The lowest BCUT2D eigenvalue weighted by Crippen LogP contribution is -2.29. The van der Waals surface area contributed by atoms with Crippen molar-refractivity contribution in [3.05, 3.63) is 53.6 Å². The van der Waals surface area contributed by atoms with E-state index in [0.29, 0.717) is 5.17 Å². The highest BCUT2D eigenvalue weighted by Gasteiger charge is 2.29. The Balaban J connectivity index is 1.30. The average molecular weight is 457 g/mol. The number of thiazole rings is 1. The van der Waals surface area contributed by atoms with E-state index in [-0.39, 0.29) is 11.2 Å². The smallest absolute Gasteiger partial charge is 0.218 e. The minimum atomic E-state index is -0.113. The van der Waals surface area contributed by atoms with Crippen molar-refractivity contribution in [1.29, 1.82) is 0 Å². The van der Waals surface area contributed by atoms with Gasteiger partial charge in [0.05, 0.1) is 21.9 Å². The lowest BCUT2D eigenvalue weighted by molar-refractivity contribution is -0.112. The first-order valence-electron chi connectivity index (χ1n) is 9.86. The number of rotatable bonds is 8. The first-order chi connectivity index (χ1) is 14.6. The normalized spacial score (nSPS) is 17.6. The van der Waals surface area contributed by atoms with Crippen LogP contribution in [0.1, 0.15) is 17.5 Å². The number of fused-ring (bicyclic) bond motifs is 1. The quantitative estimate of drug-likeness (QED) is 0.484. The molecule has 1 aromatic heterocycles. The lowest BCUT2D eigenvalue weighted by Gasteiger charge is -2.06. The van der Waals surface area contributed by atoms with Crippen LogP contribution >= 0.6 is 34.9 Å². The topological polar surface area (TPSA) is 66.4 Å². The number of nitrogens with one attached hydrogen (secondary N) is 2. The van der Waals surface area contributed by atoms with Crippen LogP contribution in [0.5, 0.6) is 0 Å². The number of nitrogens with zero attached hydrogens (tertiary/aromatic N) is 2. The largest absolute Gasteiger partial charge is 0.361 e. The summed E-state index contributed by atoms with van der Waals surface area (Å²) < 4.78 is 1.22. The van der Waals surface area contributed by atoms with Gasteiger partial charge in [-0.15, -0.1) is 0 Å². The molecular weight excluding hydrogens is 432 g/mol. The fraction of sp³-hybridized carbons (Fsp3) is 0.318. The fourth-order valence-corrected chi connectivity index (χ4v) is 5.48. The molecule has 2 N–H and O–H groups in total. The summed E-state index contributed by atoms with van der Waals surface area (Å²) in [4.78, 5) is 21.3. The Bertz CT molecular complexity index is 1060. The number of thioether (sulfide) groups is 2. The molecule has 1 fully saturated rings. The SMILES string of the molecule is CSCC[C@@H]1N/C(=N/c2ccc(CCNc3nc4ccc(C)cc4s3)cc2)SC1=O. The Morgan fingerprint density at radius 3 is 2.87 bits per heavy atom. The molecule has 0 spiro atoms. The average Bonchev–Trinajstić information content (AvgIpc) is 3.29. The van der Waals surface area contributed by atoms with Crippen molar-refractivity contribution in [1.82, 2.24) is 10.3 Å². The number of hydrogen-bond donors (Lipinski definition) is 2. The number of amidine groups is 1. The van der Waals surface area contributed by atoms with Crippen LogP contribution in [0.3, 0.4) is 0 Å². The number of benzene rings is 2. The van der Waals surface area contributed by atoms with Crippen LogP contribution in [-0.4, -0.2) is 39.9 Å². The Morgan fingerprint density at radius 2 is 2.07 bits per heavy atom. The van der Waals surface area contributed by atoms with E-state index in [2.05, 4.69) is 64.1 Å². The van der Waals surface area contributed by atoms with E-state index in [1.54, 1.807) is 23.1 Å². The zero-order chi connectivity index (χ0) is 20.9. The predicted octanol–water partition coefficient (Wildman–Crippen LogP) is 5.23. The second kappa shape index (κ2) is 9.85. The summed E-state index contributed by atoms with van der Waals surface area (Å²) in [6.07, 6.45) is 3.80. The molecule has 30 heavy (non-hydrogen) atoms. The van der Waals surface area contributed by atoms with Crippen LogP contribution in [0.15, 0.2) is 47.5 Å². The van der Waals surface area contributed by atoms with Crippen molar-refractivity contribution >= 4 is 66.2 Å². The van der Waals surface area contributed by atoms with Gasteiger partial charge >= 0.3 is 0 Å². The van der Waals surface area contributed by atoms with Crippen LogP contribution in [0, 0.1) is 6.92 Å². The van der Waals surface area contributed by atoms with Crippen LogP contribution < -0.4 is 10.6 Å². The van der Waals surface area contributed by atoms with Gasteiger partial charge in [-0.1, -0.05) is 29.5 Å². The third-order valence-corrected chi connectivity index (χ3v) is 7.30. The highest BCUT2D eigenvalue weighted by Crippen LogP contribution is 2.27. The molecule has 0 unspecified atom stereocenters. The van der Waals surface area contributed by atoms with Gasteiger partial charge in [0, 0.05) is 6.54 Å². The molecule has 0 bridgehead atoms. The van der Waals surface area contributed by atoms with Crippen molar-refractivity contribution in [3.63, 3.8) is 0 Å². The van der Waals surface area contributed by atoms with Crippen LogP contribution in [0.2, 0.25) is 0 Å². The predicted molar refractivity (Wildman–Crippen MR) is 133 cm³/mol. The molecule has 0 aliphatic carbocycles. The number of anilines is 1. The highest BCUT2D eigenvalue weighted by atomic mass is 32.2. The van der Waals surface area contributed by atoms with Crippen LogP contribution in [0.4, 0.5) is 10.8 Å². The first-order valence-corrected chi connectivity index (χ1v) is 12.9. The number of aryl methyl sites for hydroxylation is 1. The molecule has 0 saturated carbocycles. The number of aromatic nitrogens is 1. The number of hydrogen-bond acceptors (Lipinski definition) is 7. The van der Waals surface area contributed by atoms with E-state index in [1.165, 1.54) is 27.6 Å². The van der Waals surface area contributed by atoms with Gasteiger partial charge in [0.2, 0.25) is 5.12 Å². The molecule has 156 valence electrons. The molecule has 2 heterocycles. The maximum Gasteiger partial charge on any atom is 0.218 e. The van der Waals surface area contributed by atoms with Gasteiger partial charge in [-0.25, -0.2) is 9.98 Å². The third-order valence-electron chi connectivity index (χ3n) is 4.79. The number of aliphatic imine (C=N–C) groups is 1. The molecule has 8 heteroatoms. The van der Waals surface area contributed by atoms with Crippen molar-refractivity contribution < 1.29 is 4.79 Å².